The number of carbonyl (C=O) groups excluding carboxylic acids is 1. The number of carbonyl (C=O) groups is 1. The van der Waals surface area contributed by atoms with Crippen LogP contribution in [0, 0.1) is 5.92 Å². The molecule has 1 N–H and O–H groups in total. The Kier molecular flexibility index (Phi) is 5.30. The van der Waals surface area contributed by atoms with Gasteiger partial charge in [0.05, 0.1) is 17.9 Å². The molecule has 7 nitrogen and oxygen atoms in total. The van der Waals surface area contributed by atoms with Gasteiger partial charge in [0.2, 0.25) is 0 Å². The minimum atomic E-state index is -5.15. The SMILES string of the molecule is C[C@@H]1CC[C@@H](CNC(=O)c2cncc(OS(=O)(=O)F)c2)OC1. The molecule has 0 unspecified atom stereocenters. The Bertz CT molecular complexity index is 629. The van der Waals surface area contributed by atoms with Crippen molar-refractivity contribution in [1.82, 2.24) is 10.3 Å². The first-order valence-corrected chi connectivity index (χ1v) is 8.13. The Morgan fingerprint density at radius 2 is 2.27 bits per heavy atom. The third-order valence-corrected chi connectivity index (χ3v) is 3.65. The summed E-state index contributed by atoms with van der Waals surface area (Å²) < 4.78 is 42.9. The van der Waals surface area contributed by atoms with Gasteiger partial charge in [-0.25, -0.2) is 0 Å². The van der Waals surface area contributed by atoms with Gasteiger partial charge in [0, 0.05) is 19.3 Å². The smallest absolute Gasteiger partial charge is 0.376 e. The van der Waals surface area contributed by atoms with E-state index < -0.39 is 16.4 Å². The van der Waals surface area contributed by atoms with E-state index in [9.17, 15) is 17.1 Å². The number of hydrogen-bond donors (Lipinski definition) is 1. The predicted octanol–water partition coefficient (Wildman–Crippen LogP) is 1.22. The van der Waals surface area contributed by atoms with E-state index in [2.05, 4.69) is 21.4 Å². The van der Waals surface area contributed by atoms with Gasteiger partial charge in [0.1, 0.15) is 0 Å². The highest BCUT2D eigenvalue weighted by molar-refractivity contribution is 7.81. The number of ether oxygens (including phenoxy) is 1. The number of hydrogen-bond acceptors (Lipinski definition) is 6. The standard InChI is InChI=1S/C13H17FN2O5S/c1-9-2-3-11(20-8-9)7-16-13(17)10-4-12(6-15-5-10)21-22(14,18)19/h4-6,9,11H,2-3,7-8H2,1H3,(H,16,17)/t9-,11+/m1/s1. The third-order valence-electron chi connectivity index (χ3n) is 3.26. The summed E-state index contributed by atoms with van der Waals surface area (Å²) >= 11 is 0. The van der Waals surface area contributed by atoms with Gasteiger partial charge in [-0.15, -0.1) is 0 Å². The predicted molar refractivity (Wildman–Crippen MR) is 75.4 cm³/mol. The number of halogens is 1. The zero-order valence-electron chi connectivity index (χ0n) is 12.0. The van der Waals surface area contributed by atoms with E-state index in [0.29, 0.717) is 19.1 Å². The van der Waals surface area contributed by atoms with E-state index in [4.69, 9.17) is 4.74 Å². The molecule has 0 bridgehead atoms. The van der Waals surface area contributed by atoms with Crippen LogP contribution < -0.4 is 9.50 Å². The molecule has 1 aliphatic heterocycles. The van der Waals surface area contributed by atoms with Crippen molar-refractivity contribution in [3.05, 3.63) is 24.0 Å². The number of amides is 1. The van der Waals surface area contributed by atoms with Gasteiger partial charge in [0.15, 0.2) is 5.75 Å². The van der Waals surface area contributed by atoms with E-state index in [1.807, 2.05) is 0 Å². The van der Waals surface area contributed by atoms with Gasteiger partial charge >= 0.3 is 10.5 Å². The van der Waals surface area contributed by atoms with E-state index >= 15 is 0 Å². The molecular formula is C13H17FN2O5S. The van der Waals surface area contributed by atoms with Crippen molar-refractivity contribution >= 4 is 16.4 Å². The van der Waals surface area contributed by atoms with Crippen LogP contribution in [0.5, 0.6) is 5.75 Å². The zero-order chi connectivity index (χ0) is 16.2. The quantitative estimate of drug-likeness (QED) is 0.815. The van der Waals surface area contributed by atoms with Crippen LogP contribution in [0.4, 0.5) is 3.89 Å². The van der Waals surface area contributed by atoms with Crippen molar-refractivity contribution in [3.8, 4) is 5.75 Å². The lowest BCUT2D eigenvalue weighted by Crippen LogP contribution is -2.37. The second-order valence-corrected chi connectivity index (χ2v) is 6.19. The third kappa shape index (κ3) is 5.23. The Morgan fingerprint density at radius 3 is 2.91 bits per heavy atom. The molecule has 1 aliphatic rings. The Morgan fingerprint density at radius 1 is 1.50 bits per heavy atom. The number of pyridine rings is 1. The summed E-state index contributed by atoms with van der Waals surface area (Å²) in [7, 11) is -5.15. The van der Waals surface area contributed by atoms with Crippen molar-refractivity contribution in [1.29, 1.82) is 0 Å². The normalized spacial score (nSPS) is 22.1. The minimum Gasteiger partial charge on any atom is -0.376 e. The fourth-order valence-electron chi connectivity index (χ4n) is 2.11. The first-order chi connectivity index (χ1) is 10.3. The number of nitrogens with one attached hydrogen (secondary N) is 1. The van der Waals surface area contributed by atoms with Crippen molar-refractivity contribution in [2.75, 3.05) is 13.2 Å². The number of aromatic nitrogens is 1. The van der Waals surface area contributed by atoms with Crippen LogP contribution in [-0.4, -0.2) is 38.6 Å². The van der Waals surface area contributed by atoms with E-state index in [1.54, 1.807) is 0 Å². The molecule has 0 spiro atoms. The molecule has 2 atom stereocenters. The molecule has 22 heavy (non-hydrogen) atoms. The molecule has 9 heteroatoms. The average Bonchev–Trinajstić information content (AvgIpc) is 2.45. The van der Waals surface area contributed by atoms with Gasteiger partial charge in [-0.1, -0.05) is 10.8 Å². The van der Waals surface area contributed by atoms with Crippen LogP contribution in [0.15, 0.2) is 18.5 Å². The monoisotopic (exact) mass is 332 g/mol. The summed E-state index contributed by atoms with van der Waals surface area (Å²) in [4.78, 5) is 15.6. The molecule has 1 amide bonds. The summed E-state index contributed by atoms with van der Waals surface area (Å²) in [5.41, 5.74) is 0.0744. The summed E-state index contributed by atoms with van der Waals surface area (Å²) in [5, 5.41) is 2.67. The van der Waals surface area contributed by atoms with Crippen molar-refractivity contribution in [3.63, 3.8) is 0 Å². The van der Waals surface area contributed by atoms with Crippen LogP contribution in [0.3, 0.4) is 0 Å². The molecule has 1 aromatic rings. The summed E-state index contributed by atoms with van der Waals surface area (Å²) in [6.07, 6.45) is 4.10. The minimum absolute atomic E-state index is 0.0428. The molecule has 1 aromatic heterocycles. The molecule has 2 rings (SSSR count). The molecule has 1 saturated heterocycles. The highest BCUT2D eigenvalue weighted by Crippen LogP contribution is 2.18. The van der Waals surface area contributed by atoms with Crippen LogP contribution in [-0.2, 0) is 15.2 Å². The fraction of sp³-hybridized carbons (Fsp3) is 0.538. The largest absolute Gasteiger partial charge is 0.488 e. The average molecular weight is 332 g/mol. The van der Waals surface area contributed by atoms with Gasteiger partial charge < -0.3 is 14.2 Å². The summed E-state index contributed by atoms with van der Waals surface area (Å²) in [5.74, 6) is -0.304. The molecule has 0 aromatic carbocycles. The van der Waals surface area contributed by atoms with Gasteiger partial charge in [-0.3, -0.25) is 9.78 Å². The zero-order valence-corrected chi connectivity index (χ0v) is 12.8. The first-order valence-electron chi connectivity index (χ1n) is 6.82. The molecule has 0 saturated carbocycles. The maximum absolute atomic E-state index is 12.4. The molecule has 1 fully saturated rings. The van der Waals surface area contributed by atoms with Crippen LogP contribution in [0.2, 0.25) is 0 Å². The second kappa shape index (κ2) is 7.01. The molecule has 0 radical (unpaired) electrons. The fourth-order valence-corrected chi connectivity index (χ4v) is 2.43. The van der Waals surface area contributed by atoms with Crippen molar-refractivity contribution in [2.45, 2.75) is 25.9 Å². The van der Waals surface area contributed by atoms with Gasteiger partial charge in [-0.2, -0.15) is 8.42 Å². The topological polar surface area (TPSA) is 94.6 Å². The van der Waals surface area contributed by atoms with Crippen LogP contribution >= 0.6 is 0 Å². The summed E-state index contributed by atoms with van der Waals surface area (Å²) in [6, 6.07) is 1.10. The van der Waals surface area contributed by atoms with Crippen molar-refractivity contribution < 1.29 is 26.0 Å². The maximum Gasteiger partial charge on any atom is 0.488 e. The Labute approximate surface area is 128 Å². The lowest BCUT2D eigenvalue weighted by Gasteiger charge is -2.26. The molecule has 122 valence electrons. The number of nitrogens with zero attached hydrogens (tertiary/aromatic N) is 1. The maximum atomic E-state index is 12.4. The Hall–Kier alpha value is -1.74. The lowest BCUT2D eigenvalue weighted by molar-refractivity contribution is -0.00916. The van der Waals surface area contributed by atoms with E-state index in [1.165, 1.54) is 6.20 Å². The molecule has 0 aliphatic carbocycles. The summed E-state index contributed by atoms with van der Waals surface area (Å²) in [6.45, 7) is 3.11. The highest BCUT2D eigenvalue weighted by atomic mass is 32.3. The van der Waals surface area contributed by atoms with Gasteiger partial charge in [0.25, 0.3) is 5.91 Å². The van der Waals surface area contributed by atoms with E-state index in [-0.39, 0.29) is 17.4 Å². The highest BCUT2D eigenvalue weighted by Gasteiger charge is 2.20. The molecular weight excluding hydrogens is 315 g/mol. The van der Waals surface area contributed by atoms with Crippen LogP contribution in [0.1, 0.15) is 30.1 Å². The van der Waals surface area contributed by atoms with Crippen LogP contribution in [0.25, 0.3) is 0 Å². The first kappa shape index (κ1) is 16.6. The lowest BCUT2D eigenvalue weighted by atomic mass is 10.0. The Balaban J connectivity index is 1.91. The van der Waals surface area contributed by atoms with E-state index in [0.717, 1.165) is 25.1 Å². The number of rotatable bonds is 5. The van der Waals surface area contributed by atoms with Gasteiger partial charge in [-0.05, 0) is 24.8 Å². The second-order valence-electron chi connectivity index (χ2n) is 5.23. The molecule has 2 heterocycles. The van der Waals surface area contributed by atoms with Crippen molar-refractivity contribution in [2.24, 2.45) is 5.92 Å².